The number of furan rings is 2. The molecule has 0 saturated carbocycles. The van der Waals surface area contributed by atoms with Gasteiger partial charge in [0.05, 0.1) is 0 Å². The number of anilines is 1. The molecule has 0 spiro atoms. The minimum Gasteiger partial charge on any atom is -0.456 e. The second-order valence-electron chi connectivity index (χ2n) is 7.09. The topological polar surface area (TPSA) is 38.3 Å². The van der Waals surface area contributed by atoms with Gasteiger partial charge in [0, 0.05) is 33.8 Å². The van der Waals surface area contributed by atoms with Crippen LogP contribution in [0.4, 0.5) is 5.69 Å². The average Bonchev–Trinajstić information content (AvgIpc) is 3.30. The molecule has 0 bridgehead atoms. The summed E-state index contributed by atoms with van der Waals surface area (Å²) in [6.45, 7) is 0.747. The molecule has 6 aromatic rings. The zero-order chi connectivity index (χ0) is 18.5. The standard InChI is InChI=1S/C25H17NO2/c1-3-7-22-18(5-1)20-13-16(9-11-24(20)27-22)15-26-17-10-12-25-21(14-17)19-6-2-4-8-23(19)28-25/h1-14,26H,15H2. The van der Waals surface area contributed by atoms with Gasteiger partial charge < -0.3 is 14.2 Å². The molecule has 0 radical (unpaired) electrons. The SMILES string of the molecule is c1ccc2c(c1)oc1ccc(CNc3ccc4oc5ccccc5c4c3)cc12. The molecule has 2 aromatic heterocycles. The number of fused-ring (bicyclic) bond motifs is 6. The van der Waals surface area contributed by atoms with Gasteiger partial charge >= 0.3 is 0 Å². The molecule has 0 aliphatic rings. The third-order valence-electron chi connectivity index (χ3n) is 5.31. The monoisotopic (exact) mass is 363 g/mol. The lowest BCUT2D eigenvalue weighted by Crippen LogP contribution is -1.98. The Kier molecular flexibility index (Phi) is 3.23. The normalized spacial score (nSPS) is 11.7. The molecule has 0 aliphatic carbocycles. The molecule has 0 amide bonds. The Labute approximate surface area is 161 Å². The number of hydrogen-bond donors (Lipinski definition) is 1. The Balaban J connectivity index is 1.34. The summed E-state index contributed by atoms with van der Waals surface area (Å²) < 4.78 is 11.8. The Morgan fingerprint density at radius 3 is 1.82 bits per heavy atom. The van der Waals surface area contributed by atoms with E-state index in [1.165, 1.54) is 5.56 Å². The van der Waals surface area contributed by atoms with E-state index in [0.717, 1.165) is 56.1 Å². The summed E-state index contributed by atoms with van der Waals surface area (Å²) in [6.07, 6.45) is 0. The highest BCUT2D eigenvalue weighted by molar-refractivity contribution is 6.06. The fraction of sp³-hybridized carbons (Fsp3) is 0.0400. The van der Waals surface area contributed by atoms with Crippen LogP contribution in [-0.2, 0) is 6.54 Å². The van der Waals surface area contributed by atoms with E-state index in [1.54, 1.807) is 0 Å². The first-order chi connectivity index (χ1) is 13.8. The molecule has 0 saturated heterocycles. The molecule has 3 heteroatoms. The van der Waals surface area contributed by atoms with Crippen LogP contribution in [0.2, 0.25) is 0 Å². The van der Waals surface area contributed by atoms with Crippen LogP contribution in [0.25, 0.3) is 43.9 Å². The van der Waals surface area contributed by atoms with Crippen LogP contribution in [0.15, 0.2) is 93.8 Å². The van der Waals surface area contributed by atoms with Crippen molar-refractivity contribution in [2.45, 2.75) is 6.54 Å². The van der Waals surface area contributed by atoms with Gasteiger partial charge in [-0.2, -0.15) is 0 Å². The zero-order valence-corrected chi connectivity index (χ0v) is 15.1. The van der Waals surface area contributed by atoms with Crippen molar-refractivity contribution in [2.75, 3.05) is 5.32 Å². The molecule has 0 aliphatic heterocycles. The molecule has 1 N–H and O–H groups in total. The van der Waals surface area contributed by atoms with Gasteiger partial charge in [0.15, 0.2) is 0 Å². The maximum atomic E-state index is 5.92. The van der Waals surface area contributed by atoms with E-state index in [2.05, 4.69) is 47.8 Å². The summed E-state index contributed by atoms with van der Waals surface area (Å²) in [6, 6.07) is 29.0. The minimum atomic E-state index is 0.747. The quantitative estimate of drug-likeness (QED) is 0.364. The van der Waals surface area contributed by atoms with E-state index in [0.29, 0.717) is 0 Å². The minimum absolute atomic E-state index is 0.747. The van der Waals surface area contributed by atoms with Crippen LogP contribution in [-0.4, -0.2) is 0 Å². The van der Waals surface area contributed by atoms with Crippen molar-refractivity contribution in [1.29, 1.82) is 0 Å². The molecule has 134 valence electrons. The van der Waals surface area contributed by atoms with Crippen molar-refractivity contribution < 1.29 is 8.83 Å². The molecule has 3 nitrogen and oxygen atoms in total. The smallest absolute Gasteiger partial charge is 0.135 e. The summed E-state index contributed by atoms with van der Waals surface area (Å²) >= 11 is 0. The fourth-order valence-corrected chi connectivity index (χ4v) is 3.92. The molecular formula is C25H17NO2. The molecule has 6 rings (SSSR count). The third-order valence-corrected chi connectivity index (χ3v) is 5.31. The predicted molar refractivity (Wildman–Crippen MR) is 115 cm³/mol. The van der Waals surface area contributed by atoms with Crippen LogP contribution in [0.5, 0.6) is 0 Å². The van der Waals surface area contributed by atoms with Crippen LogP contribution in [0.1, 0.15) is 5.56 Å². The van der Waals surface area contributed by atoms with Crippen LogP contribution >= 0.6 is 0 Å². The Bertz CT molecular complexity index is 1360. The van der Waals surface area contributed by atoms with Crippen LogP contribution < -0.4 is 5.32 Å². The fourth-order valence-electron chi connectivity index (χ4n) is 3.92. The van der Waals surface area contributed by atoms with Gasteiger partial charge in [0.25, 0.3) is 0 Å². The first kappa shape index (κ1) is 15.3. The van der Waals surface area contributed by atoms with E-state index in [4.69, 9.17) is 8.83 Å². The van der Waals surface area contributed by atoms with E-state index in [1.807, 2.05) is 42.5 Å². The van der Waals surface area contributed by atoms with Gasteiger partial charge in [-0.05, 0) is 48.0 Å². The summed E-state index contributed by atoms with van der Waals surface area (Å²) in [7, 11) is 0. The summed E-state index contributed by atoms with van der Waals surface area (Å²) in [5.74, 6) is 0. The maximum Gasteiger partial charge on any atom is 0.135 e. The largest absolute Gasteiger partial charge is 0.456 e. The average molecular weight is 363 g/mol. The molecule has 28 heavy (non-hydrogen) atoms. The van der Waals surface area contributed by atoms with Crippen molar-refractivity contribution in [3.63, 3.8) is 0 Å². The molecule has 0 unspecified atom stereocenters. The molecule has 0 fully saturated rings. The van der Waals surface area contributed by atoms with E-state index >= 15 is 0 Å². The van der Waals surface area contributed by atoms with Crippen LogP contribution in [0, 0.1) is 0 Å². The van der Waals surface area contributed by atoms with Crippen molar-refractivity contribution in [3.05, 3.63) is 90.5 Å². The van der Waals surface area contributed by atoms with Crippen LogP contribution in [0.3, 0.4) is 0 Å². The van der Waals surface area contributed by atoms with Crippen molar-refractivity contribution >= 4 is 49.6 Å². The summed E-state index contributed by atoms with van der Waals surface area (Å²) in [5.41, 5.74) is 5.99. The lowest BCUT2D eigenvalue weighted by atomic mass is 10.1. The van der Waals surface area contributed by atoms with Gasteiger partial charge in [-0.15, -0.1) is 0 Å². The number of nitrogens with one attached hydrogen (secondary N) is 1. The lowest BCUT2D eigenvalue weighted by Gasteiger charge is -2.07. The van der Waals surface area contributed by atoms with Gasteiger partial charge in [-0.1, -0.05) is 42.5 Å². The lowest BCUT2D eigenvalue weighted by molar-refractivity contribution is 0.668. The zero-order valence-electron chi connectivity index (χ0n) is 15.1. The molecular weight excluding hydrogens is 346 g/mol. The maximum absolute atomic E-state index is 5.92. The van der Waals surface area contributed by atoms with Crippen molar-refractivity contribution in [3.8, 4) is 0 Å². The third kappa shape index (κ3) is 2.37. The summed E-state index contributed by atoms with van der Waals surface area (Å²) in [4.78, 5) is 0. The number of benzene rings is 4. The first-order valence-corrected chi connectivity index (χ1v) is 9.40. The predicted octanol–water partition coefficient (Wildman–Crippen LogP) is 7.10. The highest BCUT2D eigenvalue weighted by Crippen LogP contribution is 2.31. The summed E-state index contributed by atoms with van der Waals surface area (Å²) in [5, 5.41) is 8.14. The molecule has 2 heterocycles. The molecule has 0 atom stereocenters. The van der Waals surface area contributed by atoms with E-state index < -0.39 is 0 Å². The van der Waals surface area contributed by atoms with Crippen molar-refractivity contribution in [2.24, 2.45) is 0 Å². The van der Waals surface area contributed by atoms with Crippen molar-refractivity contribution in [1.82, 2.24) is 0 Å². The van der Waals surface area contributed by atoms with E-state index in [-0.39, 0.29) is 0 Å². The second-order valence-corrected chi connectivity index (χ2v) is 7.09. The Hall–Kier alpha value is -3.72. The van der Waals surface area contributed by atoms with Gasteiger partial charge in [-0.3, -0.25) is 0 Å². The number of hydrogen-bond acceptors (Lipinski definition) is 3. The highest BCUT2D eigenvalue weighted by atomic mass is 16.3. The number of rotatable bonds is 3. The van der Waals surface area contributed by atoms with Gasteiger partial charge in [0.1, 0.15) is 22.3 Å². The van der Waals surface area contributed by atoms with E-state index in [9.17, 15) is 0 Å². The Morgan fingerprint density at radius 1 is 0.536 bits per heavy atom. The van der Waals surface area contributed by atoms with Gasteiger partial charge in [-0.25, -0.2) is 0 Å². The van der Waals surface area contributed by atoms with Gasteiger partial charge in [0.2, 0.25) is 0 Å². The second kappa shape index (κ2) is 5.89. The first-order valence-electron chi connectivity index (χ1n) is 9.40. The highest BCUT2D eigenvalue weighted by Gasteiger charge is 2.08. The number of para-hydroxylation sites is 2. The molecule has 4 aromatic carbocycles. The Morgan fingerprint density at radius 2 is 1.11 bits per heavy atom.